The highest BCUT2D eigenvalue weighted by molar-refractivity contribution is 7.80. The smallest absolute Gasteiger partial charge is 0.261 e. The van der Waals surface area contributed by atoms with Crippen molar-refractivity contribution >= 4 is 34.8 Å². The van der Waals surface area contributed by atoms with Gasteiger partial charge in [0.25, 0.3) is 11.8 Å². The molecule has 0 radical (unpaired) electrons. The molecule has 0 aliphatic carbocycles. The van der Waals surface area contributed by atoms with E-state index in [-0.39, 0.29) is 17.1 Å². The lowest BCUT2D eigenvalue weighted by Crippen LogP contribution is -2.34. The first-order valence-corrected chi connectivity index (χ1v) is 11.2. The number of para-hydroxylation sites is 1. The molecule has 0 aliphatic heterocycles. The molecule has 3 aromatic rings. The Labute approximate surface area is 204 Å². The van der Waals surface area contributed by atoms with Crippen molar-refractivity contribution in [1.29, 1.82) is 0 Å². The van der Waals surface area contributed by atoms with Gasteiger partial charge < -0.3 is 20.1 Å². The van der Waals surface area contributed by atoms with Crippen LogP contribution in [0.3, 0.4) is 0 Å². The number of benzene rings is 3. The van der Waals surface area contributed by atoms with Gasteiger partial charge in [-0.2, -0.15) is 0 Å². The summed E-state index contributed by atoms with van der Waals surface area (Å²) >= 11 is 5.27. The summed E-state index contributed by atoms with van der Waals surface area (Å²) in [6.45, 7) is 2.67. The van der Waals surface area contributed by atoms with Crippen LogP contribution in [-0.4, -0.2) is 37.3 Å². The van der Waals surface area contributed by atoms with Crippen molar-refractivity contribution < 1.29 is 19.1 Å². The lowest BCUT2D eigenvalue weighted by atomic mass is 10.1. The van der Waals surface area contributed by atoms with Crippen LogP contribution in [0.15, 0.2) is 78.9 Å². The zero-order chi connectivity index (χ0) is 24.3. The summed E-state index contributed by atoms with van der Waals surface area (Å²) < 4.78 is 10.6. The summed E-state index contributed by atoms with van der Waals surface area (Å²) in [4.78, 5) is 25.2. The van der Waals surface area contributed by atoms with Crippen molar-refractivity contribution in [2.24, 2.45) is 0 Å². The Hall–Kier alpha value is -3.75. The third-order valence-electron chi connectivity index (χ3n) is 4.96. The van der Waals surface area contributed by atoms with Gasteiger partial charge in [0, 0.05) is 18.4 Å². The van der Waals surface area contributed by atoms with Crippen molar-refractivity contribution in [3.05, 3.63) is 95.6 Å². The van der Waals surface area contributed by atoms with Gasteiger partial charge in [0.05, 0.1) is 18.2 Å². The third kappa shape index (κ3) is 7.13. The van der Waals surface area contributed by atoms with Crippen LogP contribution in [-0.2, 0) is 4.74 Å². The predicted molar refractivity (Wildman–Crippen MR) is 136 cm³/mol. The Morgan fingerprint density at radius 1 is 0.882 bits per heavy atom. The predicted octanol–water partition coefficient (Wildman–Crippen LogP) is 4.33. The van der Waals surface area contributed by atoms with E-state index in [0.29, 0.717) is 35.8 Å². The van der Waals surface area contributed by atoms with E-state index in [1.165, 1.54) is 0 Å². The van der Waals surface area contributed by atoms with Crippen LogP contribution in [0.1, 0.15) is 39.2 Å². The maximum absolute atomic E-state index is 12.7. The first kappa shape index (κ1) is 24.9. The van der Waals surface area contributed by atoms with Gasteiger partial charge in [-0.05, 0) is 61.1 Å². The summed E-state index contributed by atoms with van der Waals surface area (Å²) in [5.74, 6) is -0.125. The standard InChI is InChI=1S/C26H27N3O4S/c1-18(19-8-4-3-5-9-19)27-24(30)20-12-14-21(15-13-20)28-26(34)29-25(31)22-10-6-7-11-23(22)33-17-16-32-2/h3-15,18H,16-17H2,1-2H3,(H,27,30)(H2,28,29,31,34). The molecule has 7 nitrogen and oxygen atoms in total. The number of amides is 2. The second kappa shape index (κ2) is 12.5. The molecule has 0 bridgehead atoms. The molecule has 1 atom stereocenters. The van der Waals surface area contributed by atoms with E-state index in [1.807, 2.05) is 37.3 Å². The topological polar surface area (TPSA) is 88.7 Å². The highest BCUT2D eigenvalue weighted by Crippen LogP contribution is 2.18. The molecule has 1 unspecified atom stereocenters. The number of methoxy groups -OCH3 is 1. The van der Waals surface area contributed by atoms with Crippen molar-refractivity contribution in [2.45, 2.75) is 13.0 Å². The number of anilines is 1. The van der Waals surface area contributed by atoms with Gasteiger partial charge >= 0.3 is 0 Å². The Bertz CT molecular complexity index is 1120. The molecule has 2 amide bonds. The number of ether oxygens (including phenoxy) is 2. The molecule has 0 aromatic heterocycles. The molecule has 0 fully saturated rings. The van der Waals surface area contributed by atoms with Crippen LogP contribution in [0.4, 0.5) is 5.69 Å². The van der Waals surface area contributed by atoms with Crippen molar-refractivity contribution in [2.75, 3.05) is 25.6 Å². The monoisotopic (exact) mass is 477 g/mol. The molecule has 34 heavy (non-hydrogen) atoms. The second-order valence-electron chi connectivity index (χ2n) is 7.43. The largest absolute Gasteiger partial charge is 0.490 e. The average molecular weight is 478 g/mol. The molecular weight excluding hydrogens is 450 g/mol. The number of carbonyl (C=O) groups is 2. The maximum atomic E-state index is 12.7. The van der Waals surface area contributed by atoms with E-state index in [4.69, 9.17) is 21.7 Å². The van der Waals surface area contributed by atoms with Crippen LogP contribution in [0.5, 0.6) is 5.75 Å². The molecule has 0 saturated carbocycles. The van der Waals surface area contributed by atoms with Crippen LogP contribution < -0.4 is 20.7 Å². The van der Waals surface area contributed by atoms with E-state index in [1.54, 1.807) is 55.6 Å². The molecule has 0 heterocycles. The fourth-order valence-electron chi connectivity index (χ4n) is 3.16. The Kier molecular flexibility index (Phi) is 9.13. The first-order chi connectivity index (χ1) is 16.5. The van der Waals surface area contributed by atoms with Crippen LogP contribution in [0, 0.1) is 0 Å². The summed E-state index contributed by atoms with van der Waals surface area (Å²) in [6, 6.07) is 23.4. The summed E-state index contributed by atoms with van der Waals surface area (Å²) in [6.07, 6.45) is 0. The molecular formula is C26H27N3O4S. The zero-order valence-electron chi connectivity index (χ0n) is 19.0. The van der Waals surface area contributed by atoms with Gasteiger partial charge in [0.1, 0.15) is 12.4 Å². The van der Waals surface area contributed by atoms with E-state index in [0.717, 1.165) is 5.56 Å². The average Bonchev–Trinajstić information content (AvgIpc) is 2.85. The van der Waals surface area contributed by atoms with Crippen molar-refractivity contribution in [3.63, 3.8) is 0 Å². The number of hydrogen-bond acceptors (Lipinski definition) is 5. The molecule has 3 rings (SSSR count). The molecule has 176 valence electrons. The number of rotatable bonds is 9. The number of carbonyl (C=O) groups excluding carboxylic acids is 2. The van der Waals surface area contributed by atoms with Gasteiger partial charge in [0.15, 0.2) is 5.11 Å². The summed E-state index contributed by atoms with van der Waals surface area (Å²) in [5, 5.41) is 8.71. The lowest BCUT2D eigenvalue weighted by molar-refractivity contribution is 0.0937. The maximum Gasteiger partial charge on any atom is 0.261 e. The van der Waals surface area contributed by atoms with E-state index < -0.39 is 5.91 Å². The minimum absolute atomic E-state index is 0.115. The van der Waals surface area contributed by atoms with Crippen LogP contribution >= 0.6 is 12.2 Å². The van der Waals surface area contributed by atoms with Gasteiger partial charge in [-0.3, -0.25) is 14.9 Å². The summed E-state index contributed by atoms with van der Waals surface area (Å²) in [7, 11) is 1.58. The lowest BCUT2D eigenvalue weighted by Gasteiger charge is -2.15. The minimum Gasteiger partial charge on any atom is -0.490 e. The Morgan fingerprint density at radius 2 is 1.56 bits per heavy atom. The minimum atomic E-state index is -0.392. The number of nitrogens with one attached hydrogen (secondary N) is 3. The van der Waals surface area contributed by atoms with Gasteiger partial charge in [0.2, 0.25) is 0 Å². The fourth-order valence-corrected chi connectivity index (χ4v) is 3.37. The fraction of sp³-hybridized carbons (Fsp3) is 0.192. The highest BCUT2D eigenvalue weighted by atomic mass is 32.1. The number of hydrogen-bond donors (Lipinski definition) is 3. The van der Waals surface area contributed by atoms with Crippen molar-refractivity contribution in [3.8, 4) is 5.75 Å². The highest BCUT2D eigenvalue weighted by Gasteiger charge is 2.14. The molecule has 8 heteroatoms. The normalized spacial score (nSPS) is 11.2. The molecule has 3 N–H and O–H groups in total. The van der Waals surface area contributed by atoms with Crippen LogP contribution in [0.2, 0.25) is 0 Å². The van der Waals surface area contributed by atoms with E-state index in [9.17, 15) is 9.59 Å². The Balaban J connectivity index is 1.55. The van der Waals surface area contributed by atoms with Crippen LogP contribution in [0.25, 0.3) is 0 Å². The van der Waals surface area contributed by atoms with Gasteiger partial charge in [-0.15, -0.1) is 0 Å². The SMILES string of the molecule is COCCOc1ccccc1C(=O)NC(=S)Nc1ccc(C(=O)NC(C)c2ccccc2)cc1. The quantitative estimate of drug-likeness (QED) is 0.314. The molecule has 0 aliphatic rings. The molecule has 3 aromatic carbocycles. The zero-order valence-corrected chi connectivity index (χ0v) is 19.9. The third-order valence-corrected chi connectivity index (χ3v) is 5.16. The second-order valence-corrected chi connectivity index (χ2v) is 7.84. The van der Waals surface area contributed by atoms with E-state index >= 15 is 0 Å². The molecule has 0 saturated heterocycles. The molecule has 0 spiro atoms. The van der Waals surface area contributed by atoms with Crippen molar-refractivity contribution in [1.82, 2.24) is 10.6 Å². The van der Waals surface area contributed by atoms with Gasteiger partial charge in [-0.25, -0.2) is 0 Å². The summed E-state index contributed by atoms with van der Waals surface area (Å²) in [5.41, 5.74) is 2.55. The van der Waals surface area contributed by atoms with E-state index in [2.05, 4.69) is 16.0 Å². The van der Waals surface area contributed by atoms with Gasteiger partial charge in [-0.1, -0.05) is 42.5 Å². The number of thiocarbonyl (C=S) groups is 1. The first-order valence-electron chi connectivity index (χ1n) is 10.8. The Morgan fingerprint density at radius 3 is 2.26 bits per heavy atom.